The van der Waals surface area contributed by atoms with Gasteiger partial charge in [0.1, 0.15) is 269 Å². The smallest absolute Gasteiger partial charge is 0.186 e. The summed E-state index contributed by atoms with van der Waals surface area (Å²) in [5.74, 6) is 0. The maximum Gasteiger partial charge on any atom is 0.186 e. The Morgan fingerprint density at radius 2 is 0.230 bits per heavy atom. The predicted molar refractivity (Wildman–Crippen MR) is 362 cm³/mol. The molecule has 0 radical (unpaired) electrons. The highest BCUT2D eigenvalue weighted by Crippen LogP contribution is 2.36. The van der Waals surface area contributed by atoms with Crippen molar-refractivity contribution in [3.05, 3.63) is 0 Å². The third kappa shape index (κ3) is 22.1. The van der Waals surface area contributed by atoms with Crippen LogP contribution in [0.5, 0.6) is 0 Å². The summed E-state index contributed by atoms with van der Waals surface area (Å²) in [6.07, 6.45) is -107. The molecule has 56 heteroatoms. The van der Waals surface area contributed by atoms with E-state index in [2.05, 4.69) is 0 Å². The molecule has 0 saturated carbocycles. The molecule has 11 aliphatic rings. The minimum Gasteiger partial charge on any atom is -0.394 e. The molecule has 712 valence electrons. The van der Waals surface area contributed by atoms with Crippen LogP contribution in [0, 0.1) is 0 Å². The Morgan fingerprint density at radius 3 is 0.361 bits per heavy atom. The van der Waals surface area contributed by atoms with E-state index in [9.17, 15) is 179 Å². The van der Waals surface area contributed by atoms with E-state index in [1.807, 2.05) is 0 Å². The van der Waals surface area contributed by atoms with Gasteiger partial charge in [0, 0.05) is 0 Å². The lowest BCUT2D eigenvalue weighted by Gasteiger charge is -2.45. The van der Waals surface area contributed by atoms with Gasteiger partial charge in [0.2, 0.25) is 0 Å². The zero-order chi connectivity index (χ0) is 89.4. The molecule has 0 aromatic heterocycles. The van der Waals surface area contributed by atoms with E-state index in [-0.39, 0.29) is 0 Å². The molecule has 0 spiro atoms. The average molecular weight is 1800 g/mol. The summed E-state index contributed by atoms with van der Waals surface area (Å²) in [6.45, 7) is -9.52. The van der Waals surface area contributed by atoms with Gasteiger partial charge in [-0.1, -0.05) is 0 Å². The lowest BCUT2D eigenvalue weighted by atomic mass is 9.97. The molecule has 11 saturated heterocycles. The topological polar surface area (TPSA) is 902 Å². The molecule has 35 N–H and O–H groups in total. The summed E-state index contributed by atoms with van der Waals surface area (Å²) < 4.78 is 116. The van der Waals surface area contributed by atoms with E-state index in [4.69, 9.17) is 99.5 Å². The Morgan fingerprint density at radius 1 is 0.123 bits per heavy atom. The van der Waals surface area contributed by atoms with Crippen molar-refractivity contribution in [1.29, 1.82) is 0 Å². The summed E-state index contributed by atoms with van der Waals surface area (Å²) >= 11 is 0. The van der Waals surface area contributed by atoms with Crippen molar-refractivity contribution in [3.8, 4) is 0 Å². The van der Waals surface area contributed by atoms with Crippen LogP contribution in [-0.4, -0.2) is 589 Å². The number of hydrogen-bond donors (Lipinski definition) is 35. The van der Waals surface area contributed by atoms with E-state index in [1.165, 1.54) is 0 Å². The zero-order valence-corrected chi connectivity index (χ0v) is 63.8. The van der Waals surface area contributed by atoms with Gasteiger partial charge in [-0.15, -0.1) is 0 Å². The molecule has 1 unspecified atom stereocenters. The first-order valence-corrected chi connectivity index (χ1v) is 38.7. The molecule has 11 rings (SSSR count). The van der Waals surface area contributed by atoms with Crippen molar-refractivity contribution in [3.63, 3.8) is 0 Å². The highest BCUT2D eigenvalue weighted by Gasteiger charge is 2.57. The van der Waals surface area contributed by atoms with Gasteiger partial charge in [0.05, 0.1) is 72.7 Å². The molecule has 0 bridgehead atoms. The molecule has 55 atom stereocenters. The minimum atomic E-state index is -2.16. The summed E-state index contributed by atoms with van der Waals surface area (Å²) in [5.41, 5.74) is 0. The number of ether oxygens (including phenoxy) is 21. The summed E-state index contributed by atoms with van der Waals surface area (Å²) in [5, 5.41) is 373. The van der Waals surface area contributed by atoms with E-state index in [1.54, 1.807) is 0 Å². The fraction of sp³-hybridized carbons (Fsp3) is 1.00. The van der Waals surface area contributed by atoms with Crippen molar-refractivity contribution in [2.45, 2.75) is 338 Å². The minimum absolute atomic E-state index is 0.744. The number of hydrogen-bond acceptors (Lipinski definition) is 56. The molecule has 0 aromatic carbocycles. The third-order valence-electron chi connectivity index (χ3n) is 22.8. The lowest BCUT2D eigenvalue weighted by Crippen LogP contribution is -2.64. The Bertz CT molecular complexity index is 3060. The first kappa shape index (κ1) is 100. The van der Waals surface area contributed by atoms with Gasteiger partial charge in [-0.3, -0.25) is 0 Å². The first-order chi connectivity index (χ1) is 57.6. The Balaban J connectivity index is 0.627. The first-order valence-electron chi connectivity index (χ1n) is 38.7. The van der Waals surface area contributed by atoms with Crippen LogP contribution in [0.3, 0.4) is 0 Å². The van der Waals surface area contributed by atoms with Gasteiger partial charge in [0.25, 0.3) is 0 Å². The highest BCUT2D eigenvalue weighted by atomic mass is 16.8. The van der Waals surface area contributed by atoms with Crippen molar-refractivity contribution in [1.82, 2.24) is 0 Å². The van der Waals surface area contributed by atoms with Gasteiger partial charge in [-0.05, 0) is 0 Å². The van der Waals surface area contributed by atoms with Crippen molar-refractivity contribution in [2.75, 3.05) is 72.7 Å². The van der Waals surface area contributed by atoms with Crippen LogP contribution < -0.4 is 0 Å². The average Bonchev–Trinajstić information content (AvgIpc) is 0.793. The molecule has 0 aliphatic carbocycles. The fourth-order valence-electron chi connectivity index (χ4n) is 14.9. The monoisotopic (exact) mass is 1800 g/mol. The molecule has 0 amide bonds. The quantitative estimate of drug-likeness (QED) is 0.0306. The van der Waals surface area contributed by atoms with Crippen LogP contribution >= 0.6 is 0 Å². The number of aliphatic hydroxyl groups excluding tert-OH is 35. The van der Waals surface area contributed by atoms with E-state index in [0.717, 1.165) is 0 Å². The van der Waals surface area contributed by atoms with Gasteiger partial charge < -0.3 is 278 Å². The molecule has 11 heterocycles. The van der Waals surface area contributed by atoms with Crippen LogP contribution in [0.25, 0.3) is 0 Å². The molecule has 122 heavy (non-hydrogen) atoms. The van der Waals surface area contributed by atoms with Gasteiger partial charge >= 0.3 is 0 Å². The molecule has 11 aliphatic heterocycles. The normalized spacial score (nSPS) is 53.8. The van der Waals surface area contributed by atoms with Crippen LogP contribution in [0.4, 0.5) is 0 Å². The van der Waals surface area contributed by atoms with Crippen LogP contribution in [0.15, 0.2) is 0 Å². The maximum absolute atomic E-state index is 11.0. The lowest BCUT2D eigenvalue weighted by molar-refractivity contribution is -0.355. The largest absolute Gasteiger partial charge is 0.394 e. The molecule has 0 aromatic rings. The Kier molecular flexibility index (Phi) is 35.7. The second kappa shape index (κ2) is 43.4. The summed E-state index contributed by atoms with van der Waals surface area (Å²) in [7, 11) is 0. The molecular weight excluding hydrogens is 1690 g/mol. The third-order valence-corrected chi connectivity index (χ3v) is 22.8. The van der Waals surface area contributed by atoms with E-state index in [0.29, 0.717) is 0 Å². The van der Waals surface area contributed by atoms with E-state index < -0.39 is 410 Å². The van der Waals surface area contributed by atoms with Crippen LogP contribution in [0.2, 0.25) is 0 Å². The van der Waals surface area contributed by atoms with Crippen molar-refractivity contribution in [2.24, 2.45) is 0 Å². The predicted octanol–water partition coefficient (Wildman–Crippen LogP) is -25.0. The summed E-state index contributed by atoms with van der Waals surface area (Å²) in [4.78, 5) is 0. The molecular formula is C66H112O56. The van der Waals surface area contributed by atoms with Crippen LogP contribution in [0.1, 0.15) is 0 Å². The summed E-state index contributed by atoms with van der Waals surface area (Å²) in [6, 6.07) is 0. The SMILES string of the molecule is OC[C@H]1O[C@H](OC[C@H]2O[C@H](OC[C@H]3O[C@H](OC[C@H]4O[C@H](OC[C@H]5O[C@H](OC[C@H]6O[C@H](OC[C@H]7O[C@H](OC[C@H]8O[C@H](OC[C@H]9O[C@H](OC[C@H]%10O[C@H](OC[C@H]%11OC(O)[C@H](O)[C@@H](O)[C@@H]%11O)[C@H](O)[C@@H](O)[C@@H]%10O)[C@H](O)[C@@H](O)[C@@H]9O)[C@H](O)[C@@H](O)[C@@H]8O)[C@H](O)[C@@H](O)[C@@H]7O)[C@H](O)[C@@H](O)[C@@H]6O)[C@H](O)[C@@H](O)[C@@H]5O)[C@H](O)[C@@H](O)[C@@H]4O)[C@H](O)[C@@H](O)[C@@H]3O)[C@H](O)[C@@H](O)[C@@H]2O)[C@H](O)[C@@H](O)[C@@H]1O. The highest BCUT2D eigenvalue weighted by molar-refractivity contribution is 5.01. The fourth-order valence-corrected chi connectivity index (χ4v) is 14.9. The molecule has 56 nitrogen and oxygen atoms in total. The second-order valence-corrected chi connectivity index (χ2v) is 31.2. The Hall–Kier alpha value is -2.24. The van der Waals surface area contributed by atoms with Gasteiger partial charge in [0.15, 0.2) is 69.2 Å². The maximum atomic E-state index is 11.0. The Labute approximate surface area is 687 Å². The van der Waals surface area contributed by atoms with Gasteiger partial charge in [-0.25, -0.2) is 0 Å². The standard InChI is InChI=1S/C66H112O56/c67-1-12-23(68)35(80)46(91)57(113-12)103-3-14-25(70)37(82)48(93)59(115-14)105-5-16-27(72)39(84)50(95)61(117-16)107-7-18-29(74)41(86)52(97)63(119-18)109-9-20-31(76)43(88)54(99)65(121-20)111-11-22-33(78)44(89)55(100)66(122-22)110-10-21-32(77)42(87)53(98)64(120-21)108-8-19-30(75)40(85)51(96)62(118-19)106-6-17-28(73)38(83)49(94)60(116-17)104-4-15-26(71)36(81)47(92)58(114-15)102-2-13-24(69)34(79)45(90)56(101)112-13/h12-101H,1-11H2/t12-,13-,14-,15-,16-,17-,18-,19-,20-,21-,22-,23-,24-,25-,26-,27-,28-,29-,30-,31-,32-,33-,34+,35+,36+,37+,38+,39+,40+,41+,42+,43+,44+,45-,46-,47-,48-,49-,50-,51-,52-,53-,54-,55-,56?,57+,58+,59+,60+,61+,62+,63+,64+,65+,66+/m1/s1. The second-order valence-electron chi connectivity index (χ2n) is 31.2. The zero-order valence-electron chi connectivity index (χ0n) is 63.8. The number of rotatable bonds is 31. The molecule has 11 fully saturated rings. The van der Waals surface area contributed by atoms with Gasteiger partial charge in [-0.2, -0.15) is 0 Å². The van der Waals surface area contributed by atoms with E-state index >= 15 is 0 Å². The van der Waals surface area contributed by atoms with Crippen LogP contribution in [-0.2, 0) is 99.5 Å². The number of aliphatic hydroxyl groups is 35. The van der Waals surface area contributed by atoms with Crippen molar-refractivity contribution >= 4 is 0 Å². The van der Waals surface area contributed by atoms with Crippen molar-refractivity contribution < 1.29 is 278 Å².